The Labute approximate surface area is 342 Å². The van der Waals surface area contributed by atoms with E-state index < -0.39 is 18.2 Å². The molecular formula is C50H93NO4. The topological polar surface area (TPSA) is 89.8 Å². The Hall–Kier alpha value is -1.69. The molecular weight excluding hydrogens is 679 g/mol. The molecule has 0 aliphatic carbocycles. The molecule has 0 spiro atoms. The van der Waals surface area contributed by atoms with Crippen LogP contribution in [-0.4, -0.2) is 46.1 Å². The van der Waals surface area contributed by atoms with E-state index >= 15 is 0 Å². The Bertz CT molecular complexity index is 896. The number of aliphatic hydroxyl groups excluding tert-OH is 3. The molecule has 0 aromatic carbocycles. The van der Waals surface area contributed by atoms with Crippen molar-refractivity contribution in [2.75, 3.05) is 6.61 Å². The molecule has 322 valence electrons. The van der Waals surface area contributed by atoms with Gasteiger partial charge in [-0.1, -0.05) is 217 Å². The van der Waals surface area contributed by atoms with Gasteiger partial charge in [-0.25, -0.2) is 0 Å². The molecule has 3 unspecified atom stereocenters. The maximum absolute atomic E-state index is 12.4. The van der Waals surface area contributed by atoms with Gasteiger partial charge >= 0.3 is 0 Å². The summed E-state index contributed by atoms with van der Waals surface area (Å²) in [5.74, 6) is -0.331. The van der Waals surface area contributed by atoms with Gasteiger partial charge in [0.2, 0.25) is 5.91 Å². The Morgan fingerprint density at radius 3 is 1.22 bits per heavy atom. The molecule has 0 bridgehead atoms. The van der Waals surface area contributed by atoms with Crippen LogP contribution in [0.5, 0.6) is 0 Å². The second-order valence-corrected chi connectivity index (χ2v) is 16.3. The first-order chi connectivity index (χ1) is 27.0. The van der Waals surface area contributed by atoms with E-state index in [-0.39, 0.29) is 18.9 Å². The number of unbranched alkanes of at least 4 members (excludes halogenated alkanes) is 28. The van der Waals surface area contributed by atoms with Gasteiger partial charge in [0.15, 0.2) is 0 Å². The van der Waals surface area contributed by atoms with Crippen molar-refractivity contribution in [3.05, 3.63) is 48.6 Å². The van der Waals surface area contributed by atoms with Crippen LogP contribution in [0.2, 0.25) is 0 Å². The van der Waals surface area contributed by atoms with E-state index in [0.29, 0.717) is 6.42 Å². The van der Waals surface area contributed by atoms with E-state index in [1.165, 1.54) is 173 Å². The Morgan fingerprint density at radius 1 is 0.455 bits per heavy atom. The van der Waals surface area contributed by atoms with E-state index in [9.17, 15) is 20.1 Å². The third-order valence-corrected chi connectivity index (χ3v) is 10.8. The number of nitrogens with one attached hydrogen (secondary N) is 1. The van der Waals surface area contributed by atoms with Crippen LogP contribution in [0.15, 0.2) is 48.6 Å². The lowest BCUT2D eigenvalue weighted by Crippen LogP contribution is -2.45. The van der Waals surface area contributed by atoms with Crippen LogP contribution in [0.1, 0.15) is 239 Å². The van der Waals surface area contributed by atoms with Crippen LogP contribution >= 0.6 is 0 Å². The minimum Gasteiger partial charge on any atom is -0.394 e. The number of hydrogen-bond donors (Lipinski definition) is 4. The Kier molecular flexibility index (Phi) is 43.6. The first-order valence-electron chi connectivity index (χ1n) is 23.9. The van der Waals surface area contributed by atoms with Crippen LogP contribution in [0.4, 0.5) is 0 Å². The van der Waals surface area contributed by atoms with Gasteiger partial charge in [-0.05, 0) is 64.2 Å². The van der Waals surface area contributed by atoms with Crippen molar-refractivity contribution < 1.29 is 20.1 Å². The lowest BCUT2D eigenvalue weighted by atomic mass is 10.0. The fraction of sp³-hybridized carbons (Fsp3) is 0.820. The monoisotopic (exact) mass is 772 g/mol. The van der Waals surface area contributed by atoms with Gasteiger partial charge in [-0.2, -0.15) is 0 Å². The van der Waals surface area contributed by atoms with Crippen LogP contribution < -0.4 is 5.32 Å². The molecule has 5 heteroatoms. The minimum absolute atomic E-state index is 0.00172. The van der Waals surface area contributed by atoms with Crippen molar-refractivity contribution in [2.45, 2.75) is 257 Å². The van der Waals surface area contributed by atoms with Gasteiger partial charge in [0.1, 0.15) is 0 Å². The number of carbonyl (C=O) groups excluding carboxylic acids is 1. The summed E-state index contributed by atoms with van der Waals surface area (Å²) in [5, 5.41) is 33.2. The molecule has 3 atom stereocenters. The van der Waals surface area contributed by atoms with Crippen LogP contribution in [0.25, 0.3) is 0 Å². The molecule has 0 aromatic heterocycles. The standard InChI is InChI=1S/C50H93NO4/c1-3-5-7-9-11-13-15-17-18-19-20-21-22-23-24-25-26-27-28-29-30-31-32-33-35-37-39-41-43-47(53)45-50(55)51-48(46-52)49(54)44-42-40-38-36-34-16-14-12-10-8-6-4-2/h10,12,23-24,34,36,42,44,47-49,52-54H,3-9,11,13-22,25-33,35,37-41,43,45-46H2,1-2H3,(H,51,55)/b12-10+,24-23-,36-34+,44-42+. The summed E-state index contributed by atoms with van der Waals surface area (Å²) in [6.45, 7) is 4.15. The second-order valence-electron chi connectivity index (χ2n) is 16.3. The van der Waals surface area contributed by atoms with Crippen molar-refractivity contribution in [2.24, 2.45) is 0 Å². The summed E-state index contributed by atoms with van der Waals surface area (Å²) in [7, 11) is 0. The van der Waals surface area contributed by atoms with Gasteiger partial charge in [0.05, 0.1) is 31.3 Å². The van der Waals surface area contributed by atoms with Gasteiger partial charge in [0, 0.05) is 0 Å². The average molecular weight is 772 g/mol. The maximum atomic E-state index is 12.4. The van der Waals surface area contributed by atoms with Crippen LogP contribution in [0, 0.1) is 0 Å². The van der Waals surface area contributed by atoms with Gasteiger partial charge < -0.3 is 20.6 Å². The normalized spacial score (nSPS) is 13.9. The molecule has 5 nitrogen and oxygen atoms in total. The number of rotatable bonds is 43. The highest BCUT2D eigenvalue weighted by Crippen LogP contribution is 2.16. The smallest absolute Gasteiger partial charge is 0.222 e. The molecule has 0 aliphatic rings. The summed E-state index contributed by atoms with van der Waals surface area (Å²) in [4.78, 5) is 12.4. The lowest BCUT2D eigenvalue weighted by Gasteiger charge is -2.21. The summed E-state index contributed by atoms with van der Waals surface area (Å²) in [5.41, 5.74) is 0. The van der Waals surface area contributed by atoms with Crippen molar-refractivity contribution in [1.29, 1.82) is 0 Å². The largest absolute Gasteiger partial charge is 0.394 e. The Morgan fingerprint density at radius 2 is 0.800 bits per heavy atom. The van der Waals surface area contributed by atoms with Crippen molar-refractivity contribution >= 4 is 5.91 Å². The van der Waals surface area contributed by atoms with Crippen molar-refractivity contribution in [3.63, 3.8) is 0 Å². The molecule has 4 N–H and O–H groups in total. The predicted molar refractivity (Wildman–Crippen MR) is 241 cm³/mol. The number of hydrogen-bond acceptors (Lipinski definition) is 4. The molecule has 0 aromatic rings. The van der Waals surface area contributed by atoms with Gasteiger partial charge in [-0.15, -0.1) is 0 Å². The summed E-state index contributed by atoms with van der Waals surface area (Å²) >= 11 is 0. The molecule has 55 heavy (non-hydrogen) atoms. The maximum Gasteiger partial charge on any atom is 0.222 e. The highest BCUT2D eigenvalue weighted by molar-refractivity contribution is 5.76. The van der Waals surface area contributed by atoms with E-state index in [1.807, 2.05) is 6.08 Å². The number of amides is 1. The molecule has 0 saturated carbocycles. The second kappa shape index (κ2) is 45.0. The fourth-order valence-electron chi connectivity index (χ4n) is 7.12. The van der Waals surface area contributed by atoms with Crippen LogP contribution in [0.3, 0.4) is 0 Å². The first kappa shape index (κ1) is 53.3. The highest BCUT2D eigenvalue weighted by Gasteiger charge is 2.20. The van der Waals surface area contributed by atoms with E-state index in [0.717, 1.165) is 38.5 Å². The van der Waals surface area contributed by atoms with Gasteiger partial charge in [0.25, 0.3) is 0 Å². The molecule has 0 radical (unpaired) electrons. The highest BCUT2D eigenvalue weighted by atomic mass is 16.3. The third-order valence-electron chi connectivity index (χ3n) is 10.8. The lowest BCUT2D eigenvalue weighted by molar-refractivity contribution is -0.124. The van der Waals surface area contributed by atoms with E-state index in [4.69, 9.17) is 0 Å². The third kappa shape index (κ3) is 41.8. The predicted octanol–water partition coefficient (Wildman–Crippen LogP) is 14.1. The van der Waals surface area contributed by atoms with Crippen LogP contribution in [-0.2, 0) is 4.79 Å². The molecule has 0 aliphatic heterocycles. The zero-order chi connectivity index (χ0) is 40.1. The first-order valence-corrected chi connectivity index (χ1v) is 23.9. The average Bonchev–Trinajstić information content (AvgIpc) is 3.18. The quantitative estimate of drug-likeness (QED) is 0.0367. The van der Waals surface area contributed by atoms with Gasteiger partial charge in [-0.3, -0.25) is 4.79 Å². The van der Waals surface area contributed by atoms with Crippen molar-refractivity contribution in [1.82, 2.24) is 5.32 Å². The minimum atomic E-state index is -0.959. The molecule has 0 rings (SSSR count). The fourth-order valence-corrected chi connectivity index (χ4v) is 7.12. The zero-order valence-electron chi connectivity index (χ0n) is 36.6. The Balaban J connectivity index is 3.58. The molecule has 0 fully saturated rings. The molecule has 0 saturated heterocycles. The number of carbonyl (C=O) groups is 1. The molecule has 1 amide bonds. The number of allylic oxidation sites excluding steroid dienone is 7. The zero-order valence-corrected chi connectivity index (χ0v) is 36.6. The SMILES string of the molecule is CCCC/C=C/CC/C=C/CC/C=C/C(O)C(CO)NC(=O)CC(O)CCCCCCCCCCCCCC/C=C\CCCCCCCCCCCCCC. The van der Waals surface area contributed by atoms with Crippen molar-refractivity contribution in [3.8, 4) is 0 Å². The van der Waals surface area contributed by atoms with E-state index in [1.54, 1.807) is 6.08 Å². The molecule has 0 heterocycles. The van der Waals surface area contributed by atoms with E-state index in [2.05, 4.69) is 55.6 Å². The summed E-state index contributed by atoms with van der Waals surface area (Å²) in [6.07, 6.45) is 58.5. The summed E-state index contributed by atoms with van der Waals surface area (Å²) < 4.78 is 0. The summed E-state index contributed by atoms with van der Waals surface area (Å²) in [6, 6.07) is -0.767. The number of aliphatic hydroxyl groups is 3.